The van der Waals surface area contributed by atoms with Crippen LogP contribution in [0.1, 0.15) is 13.7 Å². The van der Waals surface area contributed by atoms with Crippen molar-refractivity contribution in [2.45, 2.75) is 0 Å². The minimum absolute atomic E-state index is 0.0260. The van der Waals surface area contributed by atoms with Gasteiger partial charge in [-0.05, 0) is 64.6 Å². The van der Waals surface area contributed by atoms with Crippen molar-refractivity contribution in [3.8, 4) is 56.7 Å². The quantitative estimate of drug-likeness (QED) is 0.171. The van der Waals surface area contributed by atoms with E-state index >= 15 is 0 Å². The lowest BCUT2D eigenvalue weighted by Gasteiger charge is -2.12. The molecule has 0 saturated carbocycles. The van der Waals surface area contributed by atoms with E-state index in [4.69, 9.17) is 20.4 Å². The summed E-state index contributed by atoms with van der Waals surface area (Å²) in [4.78, 5) is 15.1. The van der Waals surface area contributed by atoms with Crippen LogP contribution in [0.15, 0.2) is 200 Å². The van der Waals surface area contributed by atoms with Crippen molar-refractivity contribution >= 4 is 43.6 Å². The molecular formula is C51H33N5. The highest BCUT2D eigenvalue weighted by Crippen LogP contribution is 2.42. The SMILES string of the molecule is [2H]c1c([2H])c([2H])c2c(c1[2H])c1c3c4c([2H])c([2H])c([2H])c([2H])c4n(-c4nc(-c5ccc(-c6ccccc6)cc5)nc(-c5cccc(-c6ccccc6)c5)n4)c3c([2H])c([2H])c1n2-c1ccccc1. The molecule has 0 fully saturated rings. The third-order valence-corrected chi connectivity index (χ3v) is 10.1. The van der Waals surface area contributed by atoms with E-state index in [0.717, 1.165) is 22.3 Å². The number of fused-ring (bicyclic) bond motifs is 7. The van der Waals surface area contributed by atoms with Gasteiger partial charge in [0.1, 0.15) is 0 Å². The Bertz CT molecular complexity index is 3800. The summed E-state index contributed by atoms with van der Waals surface area (Å²) in [6, 6.07) is 39.3. The molecule has 3 aromatic heterocycles. The topological polar surface area (TPSA) is 48.5 Å². The van der Waals surface area contributed by atoms with E-state index < -0.39 is 42.3 Å². The molecular weight excluding hydrogens is 683 g/mol. The van der Waals surface area contributed by atoms with Crippen LogP contribution in [0.25, 0.3) is 100 Å². The number of rotatable bonds is 6. The summed E-state index contributed by atoms with van der Waals surface area (Å²) in [5.74, 6) is 0.353. The first-order valence-electron chi connectivity index (χ1n) is 23.1. The lowest BCUT2D eigenvalue weighted by atomic mass is 10.0. The van der Waals surface area contributed by atoms with Crippen molar-refractivity contribution in [3.05, 3.63) is 200 Å². The van der Waals surface area contributed by atoms with Gasteiger partial charge in [-0.15, -0.1) is 0 Å². The van der Waals surface area contributed by atoms with Gasteiger partial charge >= 0.3 is 0 Å². The molecule has 56 heavy (non-hydrogen) atoms. The largest absolute Gasteiger partial charge is 0.309 e. The molecule has 262 valence electrons. The molecule has 3 heterocycles. The van der Waals surface area contributed by atoms with Gasteiger partial charge in [-0.25, -0.2) is 4.98 Å². The zero-order valence-electron chi connectivity index (χ0n) is 39.5. The van der Waals surface area contributed by atoms with Crippen LogP contribution in [0.5, 0.6) is 0 Å². The molecule has 0 N–H and O–H groups in total. The summed E-state index contributed by atoms with van der Waals surface area (Å²) in [5.41, 5.74) is 5.49. The van der Waals surface area contributed by atoms with Crippen LogP contribution in [0.4, 0.5) is 0 Å². The Kier molecular flexibility index (Phi) is 5.41. The van der Waals surface area contributed by atoms with Gasteiger partial charge < -0.3 is 4.57 Å². The Balaban J connectivity index is 1.31. The average molecular weight is 726 g/mol. The van der Waals surface area contributed by atoms with Crippen LogP contribution in [0.2, 0.25) is 0 Å². The summed E-state index contributed by atoms with van der Waals surface area (Å²) in [6.45, 7) is 0. The summed E-state index contributed by atoms with van der Waals surface area (Å²) in [6.07, 6.45) is 0. The van der Waals surface area contributed by atoms with E-state index in [9.17, 15) is 8.22 Å². The van der Waals surface area contributed by atoms with E-state index in [0.29, 0.717) is 16.8 Å². The maximum absolute atomic E-state index is 9.85. The predicted octanol–water partition coefficient (Wildman–Crippen LogP) is 12.7. The first-order chi connectivity index (χ1) is 31.9. The molecule has 0 spiro atoms. The molecule has 5 nitrogen and oxygen atoms in total. The zero-order valence-corrected chi connectivity index (χ0v) is 29.5. The number of aromatic nitrogens is 5. The highest BCUT2D eigenvalue weighted by Gasteiger charge is 2.22. The van der Waals surface area contributed by atoms with E-state index in [1.807, 2.05) is 109 Å². The Morgan fingerprint density at radius 1 is 0.357 bits per heavy atom. The second kappa shape index (κ2) is 13.0. The maximum Gasteiger partial charge on any atom is 0.238 e. The van der Waals surface area contributed by atoms with Gasteiger partial charge in [0.2, 0.25) is 5.95 Å². The number of para-hydroxylation sites is 3. The minimum atomic E-state index is -0.555. The van der Waals surface area contributed by atoms with E-state index in [2.05, 4.69) is 0 Å². The summed E-state index contributed by atoms with van der Waals surface area (Å²) in [7, 11) is 0. The van der Waals surface area contributed by atoms with Crippen molar-refractivity contribution < 1.29 is 13.7 Å². The molecule has 5 heteroatoms. The van der Waals surface area contributed by atoms with E-state index in [1.54, 1.807) is 30.3 Å². The van der Waals surface area contributed by atoms with Crippen LogP contribution in [-0.2, 0) is 0 Å². The fraction of sp³-hybridized carbons (Fsp3) is 0. The normalized spacial score (nSPS) is 14.1. The zero-order chi connectivity index (χ0) is 45.7. The average Bonchev–Trinajstić information content (AvgIpc) is 3.91. The van der Waals surface area contributed by atoms with E-state index in [-0.39, 0.29) is 79.3 Å². The highest BCUT2D eigenvalue weighted by atomic mass is 15.2. The van der Waals surface area contributed by atoms with Gasteiger partial charge in [-0.3, -0.25) is 4.57 Å². The van der Waals surface area contributed by atoms with Gasteiger partial charge in [0, 0.05) is 38.4 Å². The third-order valence-electron chi connectivity index (χ3n) is 10.1. The second-order valence-electron chi connectivity index (χ2n) is 13.3. The third kappa shape index (κ3) is 5.21. The number of nitrogens with zero attached hydrogens (tertiary/aromatic N) is 5. The van der Waals surface area contributed by atoms with Crippen molar-refractivity contribution in [1.29, 1.82) is 0 Å². The van der Waals surface area contributed by atoms with Gasteiger partial charge in [-0.1, -0.05) is 158 Å². The molecule has 0 aliphatic rings. The van der Waals surface area contributed by atoms with Crippen LogP contribution in [-0.4, -0.2) is 24.1 Å². The molecule has 8 aromatic carbocycles. The molecule has 0 atom stereocenters. The Morgan fingerprint density at radius 2 is 0.821 bits per heavy atom. The van der Waals surface area contributed by atoms with Crippen molar-refractivity contribution in [2.75, 3.05) is 0 Å². The molecule has 0 aliphatic carbocycles. The second-order valence-corrected chi connectivity index (χ2v) is 13.3. The Labute approximate surface area is 337 Å². The molecule has 0 saturated heterocycles. The van der Waals surface area contributed by atoms with Crippen LogP contribution in [0, 0.1) is 0 Å². The Hall–Kier alpha value is -7.63. The van der Waals surface area contributed by atoms with Gasteiger partial charge in [0.25, 0.3) is 0 Å². The van der Waals surface area contributed by atoms with Crippen LogP contribution in [0.3, 0.4) is 0 Å². The smallest absolute Gasteiger partial charge is 0.238 e. The lowest BCUT2D eigenvalue weighted by molar-refractivity contribution is 0.953. The summed E-state index contributed by atoms with van der Waals surface area (Å²) < 4.78 is 95.3. The van der Waals surface area contributed by atoms with Crippen molar-refractivity contribution in [3.63, 3.8) is 0 Å². The molecule has 0 radical (unpaired) electrons. The minimum Gasteiger partial charge on any atom is -0.309 e. The molecule has 11 rings (SSSR count). The van der Waals surface area contributed by atoms with Crippen LogP contribution >= 0.6 is 0 Å². The fourth-order valence-electron chi connectivity index (χ4n) is 7.50. The first kappa shape index (κ1) is 23.2. The number of hydrogen-bond acceptors (Lipinski definition) is 3. The molecule has 0 bridgehead atoms. The number of benzene rings is 8. The standard InChI is InChI=1S/C51H33N5/c1-4-15-34(16-5-1)36-27-29-37(30-28-36)49-52-50(39-20-14-19-38(33-39)35-17-6-2-7-18-35)54-51(53-49)56-44-26-13-11-24-42(44)48-46(56)32-31-45-47(48)41-23-10-12-25-43(41)55(45)40-21-8-3-9-22-40/h1-33H/i10D,11D,12D,13D,23D,24D,25D,26D,31D,32D. The van der Waals surface area contributed by atoms with Gasteiger partial charge in [-0.2, -0.15) is 9.97 Å². The maximum atomic E-state index is 9.85. The molecule has 11 aromatic rings. The molecule has 0 amide bonds. The van der Waals surface area contributed by atoms with E-state index in [1.165, 1.54) is 9.13 Å². The van der Waals surface area contributed by atoms with Crippen molar-refractivity contribution in [1.82, 2.24) is 24.1 Å². The first-order valence-corrected chi connectivity index (χ1v) is 18.1. The molecule has 0 unspecified atom stereocenters. The highest BCUT2D eigenvalue weighted by molar-refractivity contribution is 6.28. The number of hydrogen-bond donors (Lipinski definition) is 0. The predicted molar refractivity (Wildman–Crippen MR) is 230 cm³/mol. The monoisotopic (exact) mass is 725 g/mol. The molecule has 0 aliphatic heterocycles. The van der Waals surface area contributed by atoms with Crippen molar-refractivity contribution in [2.24, 2.45) is 0 Å². The fourth-order valence-corrected chi connectivity index (χ4v) is 7.50. The summed E-state index contributed by atoms with van der Waals surface area (Å²) >= 11 is 0. The van der Waals surface area contributed by atoms with Gasteiger partial charge in [0.05, 0.1) is 35.8 Å². The Morgan fingerprint density at radius 3 is 1.46 bits per heavy atom. The van der Waals surface area contributed by atoms with Gasteiger partial charge in [0.15, 0.2) is 11.6 Å². The summed E-state index contributed by atoms with van der Waals surface area (Å²) in [5, 5.41) is 0.195. The van der Waals surface area contributed by atoms with Crippen LogP contribution < -0.4 is 0 Å². The lowest BCUT2D eigenvalue weighted by Crippen LogP contribution is -2.06.